The van der Waals surface area contributed by atoms with Crippen LogP contribution in [0.2, 0.25) is 0 Å². The molecule has 0 unspecified atom stereocenters. The average Bonchev–Trinajstić information content (AvgIpc) is 3.16. The van der Waals surface area contributed by atoms with Crippen LogP contribution in [0.1, 0.15) is 31.1 Å². The quantitative estimate of drug-likeness (QED) is 0.422. The third kappa shape index (κ3) is 5.90. The molecule has 31 heavy (non-hydrogen) atoms. The molecule has 1 aromatic heterocycles. The molecule has 0 aliphatic heterocycles. The molecule has 0 saturated heterocycles. The van der Waals surface area contributed by atoms with Crippen molar-refractivity contribution in [3.63, 3.8) is 0 Å². The molecule has 0 aliphatic rings. The lowest BCUT2D eigenvalue weighted by molar-refractivity contribution is 0.0983. The van der Waals surface area contributed by atoms with E-state index >= 15 is 0 Å². The number of likely N-dealkylation sites (N-methyl/N-ethyl adjacent to an activating group) is 1. The minimum atomic E-state index is -0.732. The fourth-order valence-electron chi connectivity index (χ4n) is 3.14. The van der Waals surface area contributed by atoms with E-state index in [2.05, 4.69) is 23.7 Å². The molecule has 0 N–H and O–H groups in total. The van der Waals surface area contributed by atoms with Crippen LogP contribution in [-0.2, 0) is 0 Å². The molecule has 5 nitrogen and oxygen atoms in total. The molecule has 0 radical (unpaired) electrons. The van der Waals surface area contributed by atoms with Gasteiger partial charge in [0.25, 0.3) is 5.91 Å². The largest absolute Gasteiger partial charge is 0.494 e. The number of anilines is 1. The molecule has 168 valence electrons. The van der Waals surface area contributed by atoms with E-state index in [9.17, 15) is 13.6 Å². The van der Waals surface area contributed by atoms with E-state index in [4.69, 9.17) is 4.74 Å². The van der Waals surface area contributed by atoms with E-state index in [1.807, 2.05) is 6.92 Å². The van der Waals surface area contributed by atoms with Gasteiger partial charge in [0, 0.05) is 24.7 Å². The molecular weight excluding hydrogens is 444 g/mol. The second-order valence-corrected chi connectivity index (χ2v) is 7.68. The summed E-state index contributed by atoms with van der Waals surface area (Å²) in [5, 5.41) is 0.348. The van der Waals surface area contributed by atoms with Gasteiger partial charge in [-0.1, -0.05) is 25.2 Å². The van der Waals surface area contributed by atoms with Crippen LogP contribution in [0.15, 0.2) is 36.4 Å². The molecule has 1 heterocycles. The smallest absolute Gasteiger partial charge is 0.260 e. The first-order chi connectivity index (χ1) is 14.5. The maximum atomic E-state index is 14.2. The lowest BCUT2D eigenvalue weighted by Crippen LogP contribution is -2.38. The van der Waals surface area contributed by atoms with Crippen LogP contribution < -0.4 is 9.64 Å². The number of rotatable bonds is 9. The van der Waals surface area contributed by atoms with Gasteiger partial charge in [-0.05, 0) is 50.3 Å². The lowest BCUT2D eigenvalue weighted by atomic mass is 10.2. The van der Waals surface area contributed by atoms with Gasteiger partial charge in [0.05, 0.1) is 11.3 Å². The minimum Gasteiger partial charge on any atom is -0.494 e. The van der Waals surface area contributed by atoms with Crippen molar-refractivity contribution in [2.24, 2.45) is 0 Å². The number of ether oxygens (including phenoxy) is 1. The summed E-state index contributed by atoms with van der Waals surface area (Å²) in [5.74, 6) is -0.959. The molecule has 0 spiro atoms. The zero-order chi connectivity index (χ0) is 21.7. The number of carbonyl (C=O) groups excluding carboxylic acids is 1. The van der Waals surface area contributed by atoms with E-state index in [0.717, 1.165) is 30.5 Å². The zero-order valence-corrected chi connectivity index (χ0v) is 19.4. The molecule has 0 saturated carbocycles. The number of aromatic nitrogens is 1. The highest BCUT2D eigenvalue weighted by atomic mass is 35.5. The SMILES string of the molecule is CCOc1ccc(C(=O)N(CCN(CC)CC)c2nc3c(F)cc(F)cc3s2)cc1.Cl. The lowest BCUT2D eigenvalue weighted by Gasteiger charge is -2.24. The van der Waals surface area contributed by atoms with Crippen LogP contribution in [0.25, 0.3) is 10.2 Å². The predicted molar refractivity (Wildman–Crippen MR) is 124 cm³/mol. The number of hydrogen-bond donors (Lipinski definition) is 0. The molecular formula is C22H26ClF2N3O2S. The monoisotopic (exact) mass is 469 g/mol. The highest BCUT2D eigenvalue weighted by Crippen LogP contribution is 2.32. The van der Waals surface area contributed by atoms with Crippen LogP contribution in [0, 0.1) is 11.6 Å². The van der Waals surface area contributed by atoms with Crippen molar-refractivity contribution in [3.05, 3.63) is 53.6 Å². The summed E-state index contributed by atoms with van der Waals surface area (Å²) in [5.41, 5.74) is 0.549. The second kappa shape index (κ2) is 11.4. The Labute approximate surface area is 191 Å². The van der Waals surface area contributed by atoms with Crippen molar-refractivity contribution in [3.8, 4) is 5.75 Å². The Hall–Kier alpha value is -2.29. The van der Waals surface area contributed by atoms with Gasteiger partial charge in [0.15, 0.2) is 10.9 Å². The Morgan fingerprint density at radius 2 is 1.74 bits per heavy atom. The highest BCUT2D eigenvalue weighted by molar-refractivity contribution is 7.22. The van der Waals surface area contributed by atoms with E-state index in [-0.39, 0.29) is 23.8 Å². The third-order valence-corrected chi connectivity index (χ3v) is 5.85. The van der Waals surface area contributed by atoms with Gasteiger partial charge < -0.3 is 9.64 Å². The number of fused-ring (bicyclic) bond motifs is 1. The van der Waals surface area contributed by atoms with Gasteiger partial charge >= 0.3 is 0 Å². The molecule has 0 bridgehead atoms. The first-order valence-corrected chi connectivity index (χ1v) is 10.8. The van der Waals surface area contributed by atoms with E-state index in [1.165, 1.54) is 11.0 Å². The Kier molecular flexibility index (Phi) is 9.15. The van der Waals surface area contributed by atoms with Gasteiger partial charge in [-0.15, -0.1) is 12.4 Å². The molecule has 0 fully saturated rings. The number of halogens is 3. The summed E-state index contributed by atoms with van der Waals surface area (Å²) < 4.78 is 33.6. The topological polar surface area (TPSA) is 45.7 Å². The van der Waals surface area contributed by atoms with E-state index in [1.54, 1.807) is 24.3 Å². The normalized spacial score (nSPS) is 10.9. The molecule has 3 rings (SSSR count). The predicted octanol–water partition coefficient (Wildman–Crippen LogP) is 5.38. The fourth-order valence-corrected chi connectivity index (χ4v) is 4.17. The maximum Gasteiger partial charge on any atom is 0.260 e. The number of hydrogen-bond acceptors (Lipinski definition) is 5. The van der Waals surface area contributed by atoms with Crippen molar-refractivity contribution in [2.45, 2.75) is 20.8 Å². The summed E-state index contributed by atoms with van der Waals surface area (Å²) in [6, 6.07) is 8.93. The van der Waals surface area contributed by atoms with Crippen LogP contribution in [0.5, 0.6) is 5.75 Å². The Bertz CT molecular complexity index is 1010. The first-order valence-electron chi connectivity index (χ1n) is 9.99. The van der Waals surface area contributed by atoms with Crippen molar-refractivity contribution in [1.82, 2.24) is 9.88 Å². The Morgan fingerprint density at radius 1 is 1.06 bits per heavy atom. The van der Waals surface area contributed by atoms with Crippen LogP contribution in [0.4, 0.5) is 13.9 Å². The van der Waals surface area contributed by atoms with Crippen LogP contribution in [0.3, 0.4) is 0 Å². The van der Waals surface area contributed by atoms with Crippen molar-refractivity contribution < 1.29 is 18.3 Å². The van der Waals surface area contributed by atoms with E-state index < -0.39 is 11.6 Å². The summed E-state index contributed by atoms with van der Waals surface area (Å²) in [6.45, 7) is 9.26. The van der Waals surface area contributed by atoms with Crippen molar-refractivity contribution in [1.29, 1.82) is 0 Å². The summed E-state index contributed by atoms with van der Waals surface area (Å²) in [6.07, 6.45) is 0. The number of amides is 1. The summed E-state index contributed by atoms with van der Waals surface area (Å²) in [4.78, 5) is 21.3. The summed E-state index contributed by atoms with van der Waals surface area (Å²) >= 11 is 1.11. The first kappa shape index (κ1) is 25.0. The number of nitrogens with zero attached hydrogens (tertiary/aromatic N) is 3. The fraction of sp³-hybridized carbons (Fsp3) is 0.364. The number of carbonyl (C=O) groups is 1. The maximum absolute atomic E-state index is 14.2. The zero-order valence-electron chi connectivity index (χ0n) is 17.7. The van der Waals surface area contributed by atoms with Gasteiger partial charge in [0.1, 0.15) is 17.1 Å². The van der Waals surface area contributed by atoms with Crippen molar-refractivity contribution in [2.75, 3.05) is 37.7 Å². The van der Waals surface area contributed by atoms with Crippen molar-refractivity contribution >= 4 is 45.0 Å². The third-order valence-electron chi connectivity index (χ3n) is 4.82. The molecule has 2 aromatic carbocycles. The molecule has 1 amide bonds. The van der Waals surface area contributed by atoms with E-state index in [0.29, 0.717) is 40.8 Å². The molecule has 9 heteroatoms. The highest BCUT2D eigenvalue weighted by Gasteiger charge is 2.23. The minimum absolute atomic E-state index is 0. The standard InChI is InChI=1S/C22H25F2N3O2S.ClH/c1-4-26(5-2)11-12-27(21(28)15-7-9-17(10-8-15)29-6-3)22-25-20-18(24)13-16(23)14-19(20)30-22;/h7-10,13-14H,4-6,11-12H2,1-3H3;1H. The van der Waals surface area contributed by atoms with Gasteiger partial charge in [-0.3, -0.25) is 9.69 Å². The van der Waals surface area contributed by atoms with Gasteiger partial charge in [-0.2, -0.15) is 0 Å². The number of benzene rings is 2. The van der Waals surface area contributed by atoms with Gasteiger partial charge in [-0.25, -0.2) is 13.8 Å². The second-order valence-electron chi connectivity index (χ2n) is 6.67. The average molecular weight is 470 g/mol. The number of thiazole rings is 1. The molecule has 0 aliphatic carbocycles. The summed E-state index contributed by atoms with van der Waals surface area (Å²) in [7, 11) is 0. The van der Waals surface area contributed by atoms with Crippen LogP contribution >= 0.6 is 23.7 Å². The van der Waals surface area contributed by atoms with Gasteiger partial charge in [0.2, 0.25) is 0 Å². The Balaban J connectivity index is 0.00000341. The molecule has 3 aromatic rings. The molecule has 0 atom stereocenters. The Morgan fingerprint density at radius 3 is 2.35 bits per heavy atom. The van der Waals surface area contributed by atoms with Crippen LogP contribution in [-0.4, -0.2) is 48.6 Å².